The maximum atomic E-state index is 11.9. The van der Waals surface area contributed by atoms with E-state index in [9.17, 15) is 4.79 Å². The fourth-order valence-corrected chi connectivity index (χ4v) is 4.44. The van der Waals surface area contributed by atoms with Gasteiger partial charge in [0.25, 0.3) is 0 Å². The van der Waals surface area contributed by atoms with Crippen LogP contribution in [0.3, 0.4) is 0 Å². The summed E-state index contributed by atoms with van der Waals surface area (Å²) in [6.07, 6.45) is 8.47. The van der Waals surface area contributed by atoms with E-state index in [1.165, 1.54) is 0 Å². The zero-order valence-electron chi connectivity index (χ0n) is 18.9. The molecular formula is C22H29N9O. The van der Waals surface area contributed by atoms with Crippen molar-refractivity contribution in [3.8, 4) is 11.3 Å². The number of hydrogen-bond donors (Lipinski definition) is 0. The Morgan fingerprint density at radius 3 is 2.50 bits per heavy atom. The molecule has 10 nitrogen and oxygen atoms in total. The standard InChI is InChI=1S/C22H29N9O/c1-16(32)31-5-4-19-20(14-31)25-21(17-10-24-28(3)11-17)22(26-19)30-8-6-29(7-9-30)13-18-12-27(2)15-23-18/h10-12,15H,4-9,13-14H2,1-3H3. The van der Waals surface area contributed by atoms with Gasteiger partial charge in [0.15, 0.2) is 5.82 Å². The van der Waals surface area contributed by atoms with E-state index in [0.29, 0.717) is 13.1 Å². The summed E-state index contributed by atoms with van der Waals surface area (Å²) in [5.74, 6) is 0.999. The molecule has 0 unspecified atom stereocenters. The minimum atomic E-state index is 0.0773. The largest absolute Gasteiger partial charge is 0.352 e. The molecule has 0 N–H and O–H groups in total. The fourth-order valence-electron chi connectivity index (χ4n) is 4.44. The van der Waals surface area contributed by atoms with Gasteiger partial charge in [-0.1, -0.05) is 0 Å². The third-order valence-electron chi connectivity index (χ3n) is 6.23. The molecule has 1 fully saturated rings. The van der Waals surface area contributed by atoms with Crippen molar-refractivity contribution in [1.82, 2.24) is 39.1 Å². The van der Waals surface area contributed by atoms with E-state index in [2.05, 4.69) is 26.1 Å². The van der Waals surface area contributed by atoms with Crippen LogP contribution in [0.1, 0.15) is 24.0 Å². The molecule has 1 saturated heterocycles. The number of carbonyl (C=O) groups is 1. The molecule has 2 aliphatic heterocycles. The molecule has 32 heavy (non-hydrogen) atoms. The SMILES string of the molecule is CC(=O)N1CCc2nc(N3CCN(Cc4cn(C)cn4)CC3)c(-c3cnn(C)c3)nc2C1. The van der Waals surface area contributed by atoms with Crippen LogP contribution >= 0.6 is 0 Å². The highest BCUT2D eigenvalue weighted by molar-refractivity contribution is 5.74. The van der Waals surface area contributed by atoms with Gasteiger partial charge in [-0.05, 0) is 0 Å². The lowest BCUT2D eigenvalue weighted by Gasteiger charge is -2.36. The highest BCUT2D eigenvalue weighted by Crippen LogP contribution is 2.31. The average Bonchev–Trinajstić information content (AvgIpc) is 3.40. The van der Waals surface area contributed by atoms with Crippen molar-refractivity contribution >= 4 is 11.7 Å². The number of carbonyl (C=O) groups excluding carboxylic acids is 1. The van der Waals surface area contributed by atoms with Crippen LogP contribution in [0.5, 0.6) is 0 Å². The lowest BCUT2D eigenvalue weighted by molar-refractivity contribution is -0.129. The number of piperazine rings is 1. The van der Waals surface area contributed by atoms with Crippen molar-refractivity contribution in [1.29, 1.82) is 0 Å². The van der Waals surface area contributed by atoms with Gasteiger partial charge in [0.05, 0.1) is 36.2 Å². The molecule has 0 aromatic carbocycles. The molecule has 5 heterocycles. The van der Waals surface area contributed by atoms with E-state index in [-0.39, 0.29) is 5.91 Å². The first-order valence-corrected chi connectivity index (χ1v) is 11.0. The first kappa shape index (κ1) is 20.6. The van der Waals surface area contributed by atoms with Gasteiger partial charge in [0.1, 0.15) is 5.69 Å². The van der Waals surface area contributed by atoms with Crippen LogP contribution in [-0.4, -0.2) is 77.7 Å². The van der Waals surface area contributed by atoms with Crippen LogP contribution in [0.4, 0.5) is 5.82 Å². The van der Waals surface area contributed by atoms with E-state index in [1.807, 2.05) is 42.3 Å². The predicted octanol–water partition coefficient (Wildman–Crippen LogP) is 0.837. The second kappa shape index (κ2) is 8.34. The Bertz CT molecular complexity index is 1130. The van der Waals surface area contributed by atoms with Gasteiger partial charge in [-0.3, -0.25) is 14.4 Å². The van der Waals surface area contributed by atoms with E-state index >= 15 is 0 Å². The number of hydrogen-bond acceptors (Lipinski definition) is 7. The Labute approximate surface area is 187 Å². The summed E-state index contributed by atoms with van der Waals surface area (Å²) in [5, 5.41) is 4.34. The number of rotatable bonds is 4. The molecule has 10 heteroatoms. The zero-order valence-corrected chi connectivity index (χ0v) is 18.9. The number of nitrogens with zero attached hydrogens (tertiary/aromatic N) is 9. The van der Waals surface area contributed by atoms with Crippen LogP contribution < -0.4 is 4.90 Å². The summed E-state index contributed by atoms with van der Waals surface area (Å²) < 4.78 is 3.77. The number of amides is 1. The van der Waals surface area contributed by atoms with E-state index < -0.39 is 0 Å². The van der Waals surface area contributed by atoms with Crippen molar-refractivity contribution in [2.24, 2.45) is 14.1 Å². The summed E-state index contributed by atoms with van der Waals surface area (Å²) in [5.41, 5.74) is 4.79. The van der Waals surface area contributed by atoms with Gasteiger partial charge in [-0.25, -0.2) is 15.0 Å². The van der Waals surface area contributed by atoms with Crippen LogP contribution in [-0.2, 0) is 38.4 Å². The lowest BCUT2D eigenvalue weighted by Crippen LogP contribution is -2.46. The van der Waals surface area contributed by atoms with E-state index in [1.54, 1.807) is 11.6 Å². The molecule has 0 spiro atoms. The fraction of sp³-hybridized carbons (Fsp3) is 0.500. The molecule has 0 radical (unpaired) electrons. The first-order valence-electron chi connectivity index (χ1n) is 11.0. The van der Waals surface area contributed by atoms with Crippen molar-refractivity contribution < 1.29 is 4.79 Å². The molecule has 0 atom stereocenters. The Kier molecular flexibility index (Phi) is 5.38. The first-order chi connectivity index (χ1) is 15.5. The number of anilines is 1. The van der Waals surface area contributed by atoms with Crippen molar-refractivity contribution in [2.45, 2.75) is 26.4 Å². The summed E-state index contributed by atoms with van der Waals surface area (Å²) in [7, 11) is 3.90. The molecule has 3 aromatic heterocycles. The van der Waals surface area contributed by atoms with E-state index in [0.717, 1.165) is 73.3 Å². The molecule has 168 valence electrons. The third-order valence-corrected chi connectivity index (χ3v) is 6.23. The molecule has 0 bridgehead atoms. The topological polar surface area (TPSA) is 88.2 Å². The summed E-state index contributed by atoms with van der Waals surface area (Å²) in [6.45, 7) is 7.34. The predicted molar refractivity (Wildman–Crippen MR) is 120 cm³/mol. The molecule has 3 aromatic rings. The molecule has 2 aliphatic rings. The summed E-state index contributed by atoms with van der Waals surface area (Å²) in [6, 6.07) is 0. The lowest BCUT2D eigenvalue weighted by atomic mass is 10.1. The Morgan fingerprint density at radius 2 is 1.84 bits per heavy atom. The zero-order chi connectivity index (χ0) is 22.2. The average molecular weight is 436 g/mol. The van der Waals surface area contributed by atoms with Crippen molar-refractivity contribution in [3.63, 3.8) is 0 Å². The molecule has 5 rings (SSSR count). The Balaban J connectivity index is 1.40. The quantitative estimate of drug-likeness (QED) is 0.600. The van der Waals surface area contributed by atoms with Crippen LogP contribution in [0.15, 0.2) is 24.9 Å². The normalized spacial score (nSPS) is 17.0. The van der Waals surface area contributed by atoms with Crippen LogP contribution in [0.2, 0.25) is 0 Å². The Morgan fingerprint density at radius 1 is 1.03 bits per heavy atom. The van der Waals surface area contributed by atoms with Gasteiger partial charge in [-0.2, -0.15) is 5.10 Å². The highest BCUT2D eigenvalue weighted by Gasteiger charge is 2.27. The van der Waals surface area contributed by atoms with Gasteiger partial charge < -0.3 is 14.4 Å². The molecule has 0 aliphatic carbocycles. The second-order valence-electron chi connectivity index (χ2n) is 8.68. The van der Waals surface area contributed by atoms with Gasteiger partial charge >= 0.3 is 0 Å². The smallest absolute Gasteiger partial charge is 0.219 e. The monoisotopic (exact) mass is 435 g/mol. The molecule has 0 saturated carbocycles. The minimum absolute atomic E-state index is 0.0773. The molecular weight excluding hydrogens is 406 g/mol. The van der Waals surface area contributed by atoms with Crippen LogP contribution in [0, 0.1) is 0 Å². The second-order valence-corrected chi connectivity index (χ2v) is 8.68. The minimum Gasteiger partial charge on any atom is -0.352 e. The van der Waals surface area contributed by atoms with Crippen LogP contribution in [0.25, 0.3) is 11.3 Å². The summed E-state index contributed by atoms with van der Waals surface area (Å²) >= 11 is 0. The maximum Gasteiger partial charge on any atom is 0.219 e. The van der Waals surface area contributed by atoms with Crippen molar-refractivity contribution in [2.75, 3.05) is 37.6 Å². The number of aryl methyl sites for hydroxylation is 2. The number of fused-ring (bicyclic) bond motifs is 1. The third kappa shape index (κ3) is 4.10. The van der Waals surface area contributed by atoms with Gasteiger partial charge in [0.2, 0.25) is 5.91 Å². The van der Waals surface area contributed by atoms with Gasteiger partial charge in [0, 0.05) is 84.7 Å². The maximum absolute atomic E-state index is 11.9. The van der Waals surface area contributed by atoms with Gasteiger partial charge in [-0.15, -0.1) is 0 Å². The summed E-state index contributed by atoms with van der Waals surface area (Å²) in [4.78, 5) is 33.0. The number of imidazole rings is 1. The Hall–Kier alpha value is -3.27. The number of aromatic nitrogens is 6. The van der Waals surface area contributed by atoms with Crippen molar-refractivity contribution in [3.05, 3.63) is 42.0 Å². The van der Waals surface area contributed by atoms with E-state index in [4.69, 9.17) is 9.97 Å². The molecule has 1 amide bonds. The highest BCUT2D eigenvalue weighted by atomic mass is 16.2.